The predicted molar refractivity (Wildman–Crippen MR) is 106 cm³/mol. The lowest BCUT2D eigenvalue weighted by molar-refractivity contribution is -0.138. The largest absolute Gasteiger partial charge is 0.505 e. The molecule has 7 nitrogen and oxygen atoms in total. The van der Waals surface area contributed by atoms with Gasteiger partial charge in [-0.25, -0.2) is 0 Å². The van der Waals surface area contributed by atoms with Crippen LogP contribution in [0.5, 0.6) is 5.75 Å². The van der Waals surface area contributed by atoms with Gasteiger partial charge in [-0.1, -0.05) is 30.4 Å². The van der Waals surface area contributed by atoms with Crippen LogP contribution in [0.25, 0.3) is 5.69 Å². The molecule has 0 fully saturated rings. The molecule has 1 aromatic heterocycles. The number of allylic oxidation sites excluding steroid dienone is 4. The van der Waals surface area contributed by atoms with Gasteiger partial charge in [0.15, 0.2) is 0 Å². The molecule has 2 aromatic rings. The van der Waals surface area contributed by atoms with Gasteiger partial charge >= 0.3 is 0 Å². The van der Waals surface area contributed by atoms with Crippen molar-refractivity contribution in [2.45, 2.75) is 51.2 Å². The van der Waals surface area contributed by atoms with Gasteiger partial charge in [0, 0.05) is 16.7 Å². The maximum atomic E-state index is 12.8. The summed E-state index contributed by atoms with van der Waals surface area (Å²) in [6, 6.07) is 4.36. The van der Waals surface area contributed by atoms with E-state index in [9.17, 15) is 14.7 Å². The molecule has 1 aromatic carbocycles. The van der Waals surface area contributed by atoms with Crippen molar-refractivity contribution < 1.29 is 14.7 Å². The Labute approximate surface area is 167 Å². The van der Waals surface area contributed by atoms with E-state index in [1.807, 2.05) is 36.0 Å². The number of fused-ring (bicyclic) bond motifs is 4. The van der Waals surface area contributed by atoms with E-state index in [1.54, 1.807) is 0 Å². The number of aromatic nitrogens is 3. The predicted octanol–water partition coefficient (Wildman–Crippen LogP) is 3.06. The van der Waals surface area contributed by atoms with Gasteiger partial charge in [-0.15, -0.1) is 0 Å². The third-order valence-corrected chi connectivity index (χ3v) is 6.51. The smallest absolute Gasteiger partial charge is 0.257 e. The quantitative estimate of drug-likeness (QED) is 0.819. The maximum Gasteiger partial charge on any atom is 0.257 e. The normalized spacial score (nSPS) is 24.8. The zero-order chi connectivity index (χ0) is 19.9. The van der Waals surface area contributed by atoms with Crippen molar-refractivity contribution >= 4 is 11.8 Å². The van der Waals surface area contributed by atoms with Crippen molar-refractivity contribution in [1.29, 1.82) is 0 Å². The number of phenols is 1. The van der Waals surface area contributed by atoms with Crippen molar-refractivity contribution in [1.82, 2.24) is 19.3 Å². The standard InChI is InChI=1S/C22H22N4O3/c1-13-10-14(12-23-21(28)15-6-2-3-7-16(15)22(23)29)20(27)19(11-13)26-24-17-8-4-5-9-18(17)25(24)26/h4-5,8-11,17-18,27H,2-3,6-7,12H2,1H3. The van der Waals surface area contributed by atoms with E-state index in [4.69, 9.17) is 0 Å². The summed E-state index contributed by atoms with van der Waals surface area (Å²) in [6.07, 6.45) is 11.6. The Hall–Kier alpha value is -3.22. The van der Waals surface area contributed by atoms with Crippen LogP contribution in [0.1, 0.15) is 48.9 Å². The van der Waals surface area contributed by atoms with E-state index in [2.05, 4.69) is 21.7 Å². The molecule has 0 spiro atoms. The number of carbonyl (C=O) groups is 2. The van der Waals surface area contributed by atoms with Gasteiger partial charge in [0.25, 0.3) is 11.8 Å². The minimum absolute atomic E-state index is 0.103. The SMILES string of the molecule is Cc1cc(CN2C(=O)C3=C(CCCC3)C2=O)c(O)c(-n2n3n2C2C=CC=CC23)c1. The minimum Gasteiger partial charge on any atom is -0.505 e. The maximum absolute atomic E-state index is 12.8. The lowest BCUT2D eigenvalue weighted by atomic mass is 9.93. The first-order valence-corrected chi connectivity index (χ1v) is 10.2. The summed E-state index contributed by atoms with van der Waals surface area (Å²) in [5, 5.41) is 11.0. The molecule has 0 bridgehead atoms. The summed E-state index contributed by atoms with van der Waals surface area (Å²) in [7, 11) is 0. The molecule has 2 aliphatic heterocycles. The number of aryl methyl sites for hydroxylation is 1. The highest BCUT2D eigenvalue weighted by Gasteiger charge is 2.47. The number of imide groups is 1. The summed E-state index contributed by atoms with van der Waals surface area (Å²) >= 11 is 0. The Morgan fingerprint density at radius 1 is 0.966 bits per heavy atom. The molecule has 3 heterocycles. The molecule has 6 rings (SSSR count). The Kier molecular flexibility index (Phi) is 3.26. The highest BCUT2D eigenvalue weighted by Crippen LogP contribution is 2.46. The van der Waals surface area contributed by atoms with Gasteiger partial charge in [-0.2, -0.15) is 14.4 Å². The van der Waals surface area contributed by atoms with E-state index in [1.165, 1.54) is 4.90 Å². The molecule has 0 saturated heterocycles. The van der Waals surface area contributed by atoms with E-state index in [-0.39, 0.29) is 36.2 Å². The summed E-state index contributed by atoms with van der Waals surface area (Å²) in [6.45, 7) is 2.07. The van der Waals surface area contributed by atoms with Crippen LogP contribution in [0.3, 0.4) is 0 Å². The molecule has 0 saturated carbocycles. The minimum atomic E-state index is -0.187. The second-order valence-corrected chi connectivity index (χ2v) is 8.33. The van der Waals surface area contributed by atoms with E-state index >= 15 is 0 Å². The second-order valence-electron chi connectivity index (χ2n) is 8.33. The molecule has 29 heavy (non-hydrogen) atoms. The van der Waals surface area contributed by atoms with Crippen LogP contribution < -0.4 is 0 Å². The molecule has 4 aliphatic rings. The zero-order valence-corrected chi connectivity index (χ0v) is 16.2. The first kappa shape index (κ1) is 16.7. The lowest BCUT2D eigenvalue weighted by Crippen LogP contribution is -2.31. The molecule has 148 valence electrons. The molecule has 2 atom stereocenters. The summed E-state index contributed by atoms with van der Waals surface area (Å²) in [4.78, 5) is 33.0. The Bertz CT molecular complexity index is 1110. The van der Waals surface area contributed by atoms with Crippen LogP contribution in [0, 0.1) is 6.92 Å². The Balaban J connectivity index is 1.33. The van der Waals surface area contributed by atoms with Crippen molar-refractivity contribution in [2.24, 2.45) is 0 Å². The number of benzene rings is 1. The number of rotatable bonds is 3. The Morgan fingerprint density at radius 2 is 1.55 bits per heavy atom. The molecular formula is C22H22N4O3. The van der Waals surface area contributed by atoms with Crippen LogP contribution in [-0.4, -0.2) is 36.2 Å². The van der Waals surface area contributed by atoms with Crippen LogP contribution in [-0.2, 0) is 16.1 Å². The fourth-order valence-corrected chi connectivity index (χ4v) is 5.05. The van der Waals surface area contributed by atoms with Crippen molar-refractivity contribution in [3.63, 3.8) is 0 Å². The number of nitrogens with zero attached hydrogens (tertiary/aromatic N) is 4. The average Bonchev–Trinajstić information content (AvgIpc) is 3.33. The van der Waals surface area contributed by atoms with Gasteiger partial charge in [0.1, 0.15) is 23.5 Å². The highest BCUT2D eigenvalue weighted by atomic mass is 16.3. The third kappa shape index (κ3) is 2.18. The van der Waals surface area contributed by atoms with Crippen LogP contribution in [0.15, 0.2) is 47.6 Å². The molecule has 2 amide bonds. The molecule has 2 aliphatic carbocycles. The summed E-state index contributed by atoms with van der Waals surface area (Å²) in [5.41, 5.74) is 3.62. The van der Waals surface area contributed by atoms with Crippen LogP contribution >= 0.6 is 0 Å². The van der Waals surface area contributed by atoms with Gasteiger partial charge < -0.3 is 5.11 Å². The summed E-state index contributed by atoms with van der Waals surface area (Å²) < 4.78 is 0. The van der Waals surface area contributed by atoms with Crippen molar-refractivity contribution in [3.8, 4) is 11.4 Å². The molecule has 0 radical (unpaired) electrons. The molecule has 2 unspecified atom stereocenters. The van der Waals surface area contributed by atoms with E-state index in [0.717, 1.165) is 18.4 Å². The summed E-state index contributed by atoms with van der Waals surface area (Å²) in [5.74, 6) is -0.249. The van der Waals surface area contributed by atoms with E-state index in [0.29, 0.717) is 35.2 Å². The van der Waals surface area contributed by atoms with Gasteiger partial charge in [-0.3, -0.25) is 14.5 Å². The lowest BCUT2D eigenvalue weighted by Gasteiger charge is -2.25. The van der Waals surface area contributed by atoms with Crippen molar-refractivity contribution in [3.05, 3.63) is 58.7 Å². The van der Waals surface area contributed by atoms with Gasteiger partial charge in [-0.05, 0) is 44.2 Å². The number of carbonyl (C=O) groups excluding carboxylic acids is 2. The second kappa shape index (κ2) is 5.65. The highest BCUT2D eigenvalue weighted by molar-refractivity contribution is 6.19. The number of hydrogen-bond donors (Lipinski definition) is 1. The van der Waals surface area contributed by atoms with Crippen LogP contribution in [0.2, 0.25) is 0 Å². The third-order valence-electron chi connectivity index (χ3n) is 6.51. The number of aromatic hydroxyl groups is 1. The fourth-order valence-electron chi connectivity index (χ4n) is 5.05. The Morgan fingerprint density at radius 3 is 2.14 bits per heavy atom. The topological polar surface area (TPSA) is 72.4 Å². The fraction of sp³-hybridized carbons (Fsp3) is 0.364. The van der Waals surface area contributed by atoms with E-state index < -0.39 is 0 Å². The number of amides is 2. The zero-order valence-electron chi connectivity index (χ0n) is 16.2. The molecule has 1 N–H and O–H groups in total. The molecular weight excluding hydrogens is 368 g/mol. The monoisotopic (exact) mass is 390 g/mol. The number of phenolic OH excluding ortho intramolecular Hbond substituents is 1. The molecule has 7 heteroatoms. The first-order chi connectivity index (χ1) is 14.1. The van der Waals surface area contributed by atoms with Crippen LogP contribution in [0.4, 0.5) is 0 Å². The number of hydrogen-bond acceptors (Lipinski definition) is 3. The van der Waals surface area contributed by atoms with Crippen molar-refractivity contribution in [2.75, 3.05) is 0 Å². The van der Waals surface area contributed by atoms with Gasteiger partial charge in [0.05, 0.1) is 6.54 Å². The average molecular weight is 390 g/mol. The first-order valence-electron chi connectivity index (χ1n) is 10.2. The van der Waals surface area contributed by atoms with Gasteiger partial charge in [0.2, 0.25) is 0 Å².